The highest BCUT2D eigenvalue weighted by molar-refractivity contribution is 7.22. The second-order valence-electron chi connectivity index (χ2n) is 5.67. The quantitative estimate of drug-likeness (QED) is 0.924. The summed E-state index contributed by atoms with van der Waals surface area (Å²) in [5.41, 5.74) is 7.89. The number of carbonyl (C=O) groups excluding carboxylic acids is 1. The summed E-state index contributed by atoms with van der Waals surface area (Å²) in [5, 5.41) is 0.606. The zero-order valence-electron chi connectivity index (χ0n) is 12.4. The molecule has 1 fully saturated rings. The van der Waals surface area contributed by atoms with Gasteiger partial charge in [-0.1, -0.05) is 25.2 Å². The van der Waals surface area contributed by atoms with E-state index in [0.717, 1.165) is 36.4 Å². The first-order valence-electron chi connectivity index (χ1n) is 7.24. The van der Waals surface area contributed by atoms with Crippen molar-refractivity contribution in [2.45, 2.75) is 13.8 Å². The molecule has 0 unspecified atom stereocenters. The second kappa shape index (κ2) is 5.52. The summed E-state index contributed by atoms with van der Waals surface area (Å²) >= 11 is 1.52. The number of piperazine rings is 1. The van der Waals surface area contributed by atoms with Crippen molar-refractivity contribution in [2.75, 3.05) is 36.8 Å². The zero-order chi connectivity index (χ0) is 15.0. The number of anilines is 2. The predicted molar refractivity (Wildman–Crippen MR) is 87.7 cm³/mol. The molecule has 2 N–H and O–H groups in total. The van der Waals surface area contributed by atoms with Gasteiger partial charge in [0.25, 0.3) is 0 Å². The number of hydrogen-bond donors (Lipinski definition) is 1. The lowest BCUT2D eigenvalue weighted by molar-refractivity contribution is -0.134. The number of nitrogens with two attached hydrogens (primary N) is 1. The Bertz CT molecular complexity index is 659. The SMILES string of the molecule is CC(C)C(=O)N1CCN(c2ccc3nc(N)sc3c2)CC1. The average Bonchev–Trinajstić information content (AvgIpc) is 2.85. The van der Waals surface area contributed by atoms with E-state index in [0.29, 0.717) is 5.13 Å². The van der Waals surface area contributed by atoms with Crippen LogP contribution < -0.4 is 10.6 Å². The van der Waals surface area contributed by atoms with Crippen LogP contribution in [0.2, 0.25) is 0 Å². The Morgan fingerprint density at radius 2 is 2.00 bits per heavy atom. The van der Waals surface area contributed by atoms with Gasteiger partial charge in [-0.3, -0.25) is 4.79 Å². The van der Waals surface area contributed by atoms with E-state index in [1.54, 1.807) is 0 Å². The van der Waals surface area contributed by atoms with Crippen LogP contribution in [0.5, 0.6) is 0 Å². The Labute approximate surface area is 128 Å². The molecule has 21 heavy (non-hydrogen) atoms. The van der Waals surface area contributed by atoms with Gasteiger partial charge in [0, 0.05) is 37.8 Å². The van der Waals surface area contributed by atoms with Crippen LogP contribution in [0.1, 0.15) is 13.8 Å². The third-order valence-electron chi connectivity index (χ3n) is 3.84. The second-order valence-corrected chi connectivity index (χ2v) is 6.73. The number of rotatable bonds is 2. The van der Waals surface area contributed by atoms with Crippen molar-refractivity contribution in [3.05, 3.63) is 18.2 Å². The first-order valence-corrected chi connectivity index (χ1v) is 8.06. The van der Waals surface area contributed by atoms with E-state index in [1.165, 1.54) is 17.0 Å². The highest BCUT2D eigenvalue weighted by atomic mass is 32.1. The fourth-order valence-corrected chi connectivity index (χ4v) is 3.45. The van der Waals surface area contributed by atoms with Gasteiger partial charge in [0.2, 0.25) is 5.91 Å². The lowest BCUT2D eigenvalue weighted by Crippen LogP contribution is -2.49. The van der Waals surface area contributed by atoms with E-state index < -0.39 is 0 Å². The van der Waals surface area contributed by atoms with Crippen LogP contribution in [-0.2, 0) is 4.79 Å². The van der Waals surface area contributed by atoms with Crippen LogP contribution >= 0.6 is 11.3 Å². The van der Waals surface area contributed by atoms with Crippen LogP contribution in [0.4, 0.5) is 10.8 Å². The Hall–Kier alpha value is -1.82. The molecule has 2 aromatic rings. The number of nitrogens with zero attached hydrogens (tertiary/aromatic N) is 3. The monoisotopic (exact) mass is 304 g/mol. The topological polar surface area (TPSA) is 62.5 Å². The molecule has 0 aliphatic carbocycles. The van der Waals surface area contributed by atoms with Crippen LogP contribution in [0.25, 0.3) is 10.2 Å². The summed E-state index contributed by atoms with van der Waals surface area (Å²) < 4.78 is 1.12. The molecule has 0 atom stereocenters. The number of nitrogen functional groups attached to an aromatic ring is 1. The molecule has 112 valence electrons. The van der Waals surface area contributed by atoms with Gasteiger partial charge in [0.1, 0.15) is 0 Å². The van der Waals surface area contributed by atoms with Gasteiger partial charge in [0.15, 0.2) is 5.13 Å². The van der Waals surface area contributed by atoms with Gasteiger partial charge < -0.3 is 15.5 Å². The van der Waals surface area contributed by atoms with E-state index in [-0.39, 0.29) is 11.8 Å². The van der Waals surface area contributed by atoms with Gasteiger partial charge in [0.05, 0.1) is 10.2 Å². The highest BCUT2D eigenvalue weighted by Crippen LogP contribution is 2.28. The summed E-state index contributed by atoms with van der Waals surface area (Å²) in [7, 11) is 0. The first-order chi connectivity index (χ1) is 10.0. The predicted octanol–water partition coefficient (Wildman–Crippen LogP) is 2.18. The fraction of sp³-hybridized carbons (Fsp3) is 0.467. The van der Waals surface area contributed by atoms with Gasteiger partial charge in [-0.2, -0.15) is 0 Å². The Kier molecular flexibility index (Phi) is 3.71. The lowest BCUT2D eigenvalue weighted by Gasteiger charge is -2.36. The van der Waals surface area contributed by atoms with Gasteiger partial charge in [-0.15, -0.1) is 0 Å². The number of hydrogen-bond acceptors (Lipinski definition) is 5. The molecular weight excluding hydrogens is 284 g/mol. The molecule has 0 bridgehead atoms. The number of benzene rings is 1. The average molecular weight is 304 g/mol. The van der Waals surface area contributed by atoms with Crippen molar-refractivity contribution < 1.29 is 4.79 Å². The minimum absolute atomic E-state index is 0.0769. The summed E-state index contributed by atoms with van der Waals surface area (Å²) in [5.74, 6) is 0.327. The largest absolute Gasteiger partial charge is 0.375 e. The summed E-state index contributed by atoms with van der Waals surface area (Å²) in [6.45, 7) is 7.24. The van der Waals surface area contributed by atoms with E-state index >= 15 is 0 Å². The van der Waals surface area contributed by atoms with Gasteiger partial charge in [-0.05, 0) is 18.2 Å². The van der Waals surface area contributed by atoms with E-state index in [9.17, 15) is 4.79 Å². The fourth-order valence-electron chi connectivity index (χ4n) is 2.68. The molecule has 1 aliphatic rings. The third-order valence-corrected chi connectivity index (χ3v) is 4.69. The van der Waals surface area contributed by atoms with Crippen molar-refractivity contribution in [3.63, 3.8) is 0 Å². The minimum atomic E-state index is 0.0769. The molecule has 3 rings (SSSR count). The maximum atomic E-state index is 12.0. The minimum Gasteiger partial charge on any atom is -0.375 e. The van der Waals surface area contributed by atoms with Crippen molar-refractivity contribution in [1.29, 1.82) is 0 Å². The van der Waals surface area contributed by atoms with Crippen molar-refractivity contribution >= 4 is 38.3 Å². The third kappa shape index (κ3) is 2.81. The Morgan fingerprint density at radius 1 is 1.29 bits per heavy atom. The van der Waals surface area contributed by atoms with Gasteiger partial charge in [-0.25, -0.2) is 4.98 Å². The van der Waals surface area contributed by atoms with E-state index in [1.807, 2.05) is 24.8 Å². The summed E-state index contributed by atoms with van der Waals surface area (Å²) in [6, 6.07) is 6.24. The summed E-state index contributed by atoms with van der Waals surface area (Å²) in [6.07, 6.45) is 0. The maximum absolute atomic E-state index is 12.0. The lowest BCUT2D eigenvalue weighted by atomic mass is 10.1. The van der Waals surface area contributed by atoms with Crippen LogP contribution in [0, 0.1) is 5.92 Å². The van der Waals surface area contributed by atoms with E-state index in [4.69, 9.17) is 5.73 Å². The molecule has 6 heteroatoms. The summed E-state index contributed by atoms with van der Waals surface area (Å²) in [4.78, 5) is 20.6. The van der Waals surface area contributed by atoms with Crippen molar-refractivity contribution in [3.8, 4) is 0 Å². The molecule has 0 saturated carbocycles. The van der Waals surface area contributed by atoms with E-state index in [2.05, 4.69) is 22.0 Å². The first kappa shape index (κ1) is 14.1. The normalized spacial score (nSPS) is 16.0. The molecule has 1 amide bonds. The van der Waals surface area contributed by atoms with Crippen LogP contribution in [-0.4, -0.2) is 42.0 Å². The molecule has 0 radical (unpaired) electrons. The molecule has 1 saturated heterocycles. The van der Waals surface area contributed by atoms with Crippen molar-refractivity contribution in [1.82, 2.24) is 9.88 Å². The number of fused-ring (bicyclic) bond motifs is 1. The molecule has 2 heterocycles. The molecule has 0 spiro atoms. The van der Waals surface area contributed by atoms with Crippen molar-refractivity contribution in [2.24, 2.45) is 5.92 Å². The Morgan fingerprint density at radius 3 is 2.67 bits per heavy atom. The zero-order valence-corrected chi connectivity index (χ0v) is 13.2. The number of carbonyl (C=O) groups is 1. The maximum Gasteiger partial charge on any atom is 0.225 e. The molecule has 1 aromatic heterocycles. The van der Waals surface area contributed by atoms with Crippen LogP contribution in [0.3, 0.4) is 0 Å². The molecule has 5 nitrogen and oxygen atoms in total. The Balaban J connectivity index is 1.72. The molecular formula is C15H20N4OS. The smallest absolute Gasteiger partial charge is 0.225 e. The molecule has 1 aliphatic heterocycles. The number of thiazole rings is 1. The van der Waals surface area contributed by atoms with Crippen LogP contribution in [0.15, 0.2) is 18.2 Å². The standard InChI is InChI=1S/C15H20N4OS/c1-10(2)14(20)19-7-5-18(6-8-19)11-3-4-12-13(9-11)21-15(16)17-12/h3-4,9-10H,5-8H2,1-2H3,(H2,16,17). The number of amides is 1. The highest BCUT2D eigenvalue weighted by Gasteiger charge is 2.23. The van der Waals surface area contributed by atoms with Gasteiger partial charge >= 0.3 is 0 Å². The number of aromatic nitrogens is 1. The molecule has 1 aromatic carbocycles.